The van der Waals surface area contributed by atoms with E-state index in [2.05, 4.69) is 27.8 Å². The van der Waals surface area contributed by atoms with Gasteiger partial charge < -0.3 is 117 Å². The van der Waals surface area contributed by atoms with Gasteiger partial charge in [-0.1, -0.05) is 6.58 Å². The molecule has 69 heavy (non-hydrogen) atoms. The van der Waals surface area contributed by atoms with Gasteiger partial charge in [0.1, 0.15) is 78.6 Å². The first-order valence-corrected chi connectivity index (χ1v) is 23.6. The molecular weight excluding hydrogens is 915 g/mol. The van der Waals surface area contributed by atoms with Gasteiger partial charge in [-0.3, -0.25) is 9.59 Å². The van der Waals surface area contributed by atoms with Gasteiger partial charge >= 0.3 is 0 Å². The van der Waals surface area contributed by atoms with Crippen molar-refractivity contribution < 1.29 is 88.3 Å². The monoisotopic (exact) mass is 990 g/mol. The fourth-order valence-electron chi connectivity index (χ4n) is 8.10. The van der Waals surface area contributed by atoms with Gasteiger partial charge in [0, 0.05) is 12.1 Å². The number of hydrogen-bond acceptors (Lipinski definition) is 23. The van der Waals surface area contributed by atoms with Crippen molar-refractivity contribution in [1.29, 1.82) is 0 Å². The third-order valence-corrected chi connectivity index (χ3v) is 12.3. The SMILES string of the molecule is C=C1O[C@@H](O[C@H]2[C@H](O)[C@H](Oc3ccc(C(=O)NCCCNCCCCNCCCCN)cc3)O[C@@H]2CO)[C@@H](O)[C@@H](O[C@@H]2O[C@@H](CO)[C@H](O[C@H]3O[C@H](C)[C@H](N)[C@H](O)[C@@H]3NC(=O)[C@@H](C)N)[C@H](O)[C@H]2O)[C@H]1O. The normalized spacial score (nSPS) is 36.4. The number of amides is 2. The van der Waals surface area contributed by atoms with Crippen molar-refractivity contribution in [2.45, 2.75) is 162 Å². The fraction of sp³-hybridized carbons (Fsp3) is 0.773. The molecule has 1 aromatic carbocycles. The van der Waals surface area contributed by atoms with Crippen LogP contribution in [0.25, 0.3) is 0 Å². The number of rotatable bonds is 26. The molecule has 0 unspecified atom stereocenters. The van der Waals surface area contributed by atoms with Gasteiger partial charge in [-0.25, -0.2) is 0 Å². The minimum Gasteiger partial charge on any atom is -0.464 e. The highest BCUT2D eigenvalue weighted by atomic mass is 16.8. The summed E-state index contributed by atoms with van der Waals surface area (Å²) < 4.78 is 46.4. The van der Waals surface area contributed by atoms with E-state index in [-0.39, 0.29) is 17.4 Å². The van der Waals surface area contributed by atoms with E-state index in [0.29, 0.717) is 18.7 Å². The molecule has 25 nitrogen and oxygen atoms in total. The van der Waals surface area contributed by atoms with Crippen LogP contribution in [0.2, 0.25) is 0 Å². The predicted molar refractivity (Wildman–Crippen MR) is 241 cm³/mol. The second-order valence-electron chi connectivity index (χ2n) is 17.7. The number of ether oxygens (including phenoxy) is 8. The molecule has 25 heteroatoms. The van der Waals surface area contributed by atoms with Crippen molar-refractivity contribution in [3.8, 4) is 5.75 Å². The summed E-state index contributed by atoms with van der Waals surface area (Å²) in [7, 11) is 0. The van der Waals surface area contributed by atoms with Gasteiger partial charge in [0.05, 0.1) is 37.5 Å². The molecule has 18 N–H and O–H groups in total. The van der Waals surface area contributed by atoms with E-state index in [1.807, 2.05) is 0 Å². The van der Waals surface area contributed by atoms with E-state index in [0.717, 1.165) is 58.3 Å². The molecule has 4 saturated heterocycles. The van der Waals surface area contributed by atoms with E-state index in [4.69, 9.17) is 55.1 Å². The summed E-state index contributed by atoms with van der Waals surface area (Å²) >= 11 is 0. The van der Waals surface area contributed by atoms with E-state index in [9.17, 15) is 50.4 Å². The third kappa shape index (κ3) is 15.1. The van der Waals surface area contributed by atoms with Crippen LogP contribution in [-0.2, 0) is 38.0 Å². The number of aliphatic hydroxyl groups is 8. The summed E-state index contributed by atoms with van der Waals surface area (Å²) in [6, 6.07) is 2.80. The summed E-state index contributed by atoms with van der Waals surface area (Å²) in [5.41, 5.74) is 17.6. The molecule has 0 saturated carbocycles. The number of benzene rings is 1. The summed E-state index contributed by atoms with van der Waals surface area (Å²) in [6.07, 6.45) is -20.4. The van der Waals surface area contributed by atoms with Crippen LogP contribution < -0.4 is 43.2 Å². The number of hydrogen-bond donors (Lipinski definition) is 15. The first-order chi connectivity index (χ1) is 33.0. The van der Waals surface area contributed by atoms with E-state index in [1.54, 1.807) is 0 Å². The average molecular weight is 990 g/mol. The molecule has 1 aromatic rings. The number of aliphatic hydroxyl groups excluding tert-OH is 8. The number of carbonyl (C=O) groups excluding carboxylic acids is 2. The zero-order chi connectivity index (χ0) is 50.4. The topological polar surface area (TPSA) is 396 Å². The van der Waals surface area contributed by atoms with Crippen molar-refractivity contribution in [3.05, 3.63) is 42.2 Å². The molecular formula is C44H75N7O18. The van der Waals surface area contributed by atoms with Crippen LogP contribution in [0, 0.1) is 0 Å². The van der Waals surface area contributed by atoms with E-state index >= 15 is 0 Å². The average Bonchev–Trinajstić information content (AvgIpc) is 3.63. The lowest BCUT2D eigenvalue weighted by Gasteiger charge is -2.48. The van der Waals surface area contributed by atoms with Gasteiger partial charge in [-0.15, -0.1) is 0 Å². The first kappa shape index (κ1) is 56.7. The maximum atomic E-state index is 12.8. The van der Waals surface area contributed by atoms with Crippen LogP contribution in [0.5, 0.6) is 5.75 Å². The Kier molecular flexibility index (Phi) is 22.6. The highest BCUT2D eigenvalue weighted by Crippen LogP contribution is 2.35. The molecule has 4 heterocycles. The Balaban J connectivity index is 1.11. The van der Waals surface area contributed by atoms with Crippen LogP contribution in [0.1, 0.15) is 56.3 Å². The second kappa shape index (κ2) is 27.5. The maximum Gasteiger partial charge on any atom is 0.251 e. The predicted octanol–water partition coefficient (Wildman–Crippen LogP) is -5.59. The standard InChI is InChI=1S/C44H75N7O18/c1-21(46)39(60)51-29-31(55)28(47)22(2)62-41(29)67-36-26(19-52)65-42(33(57)32(36)56)69-38-30(54)23(3)63-43(35(38)59)68-37-27(20-53)66-44(34(37)58)64-25-11-9-24(10-12-25)40(61)50-18-8-17-49-16-7-6-15-48-14-5-4-13-45/h9-12,21-22,26-38,41-44,48-49,52-59H,3-8,13-20,45-47H2,1-2H3,(H,50,61)(H,51,60)/t21-,22-,26+,27-,28+,29+,30+,31+,32-,33-,34+,35+,36+,37-,38+,41-,42+,43+,44-/m1/s1. The number of unbranched alkanes of at least 4 members (excludes halogenated alkanes) is 2. The van der Waals surface area contributed by atoms with Crippen LogP contribution in [0.3, 0.4) is 0 Å². The van der Waals surface area contributed by atoms with Crippen LogP contribution in [0.15, 0.2) is 36.6 Å². The van der Waals surface area contributed by atoms with Gasteiger partial charge in [-0.2, -0.15) is 0 Å². The molecule has 0 spiro atoms. The lowest BCUT2D eigenvalue weighted by molar-refractivity contribution is -0.362. The van der Waals surface area contributed by atoms with Crippen molar-refractivity contribution in [1.82, 2.24) is 21.3 Å². The molecule has 0 bridgehead atoms. The van der Waals surface area contributed by atoms with Crippen molar-refractivity contribution in [2.24, 2.45) is 17.2 Å². The summed E-state index contributed by atoms with van der Waals surface area (Å²) in [6.45, 7) is 9.86. The lowest BCUT2D eigenvalue weighted by atomic mass is 9.94. The Morgan fingerprint density at radius 1 is 0.710 bits per heavy atom. The van der Waals surface area contributed by atoms with E-state index < -0.39 is 136 Å². The van der Waals surface area contributed by atoms with Crippen LogP contribution in [-0.4, -0.2) is 222 Å². The molecule has 0 aromatic heterocycles. The molecule has 0 radical (unpaired) electrons. The summed E-state index contributed by atoms with van der Waals surface area (Å²) in [4.78, 5) is 25.3. The molecule has 4 aliphatic heterocycles. The van der Waals surface area contributed by atoms with Crippen LogP contribution in [0.4, 0.5) is 0 Å². The first-order valence-electron chi connectivity index (χ1n) is 23.6. The summed E-state index contributed by atoms with van der Waals surface area (Å²) in [5.74, 6) is -1.14. The Morgan fingerprint density at radius 2 is 1.26 bits per heavy atom. The lowest BCUT2D eigenvalue weighted by Crippen LogP contribution is -2.69. The Bertz CT molecular complexity index is 1720. The third-order valence-electron chi connectivity index (χ3n) is 12.3. The van der Waals surface area contributed by atoms with E-state index in [1.165, 1.54) is 38.1 Å². The zero-order valence-corrected chi connectivity index (χ0v) is 39.1. The molecule has 5 rings (SSSR count). The number of nitrogens with one attached hydrogen (secondary N) is 4. The smallest absolute Gasteiger partial charge is 0.251 e. The number of nitrogens with two attached hydrogens (primary N) is 3. The molecule has 19 atom stereocenters. The Labute approximate surface area is 400 Å². The largest absolute Gasteiger partial charge is 0.464 e. The maximum absolute atomic E-state index is 12.8. The Morgan fingerprint density at radius 3 is 1.87 bits per heavy atom. The molecule has 2 amide bonds. The van der Waals surface area contributed by atoms with Gasteiger partial charge in [0.25, 0.3) is 5.91 Å². The molecule has 394 valence electrons. The molecule has 4 aliphatic rings. The second-order valence-corrected chi connectivity index (χ2v) is 17.7. The van der Waals surface area contributed by atoms with Gasteiger partial charge in [0.2, 0.25) is 18.5 Å². The van der Waals surface area contributed by atoms with Gasteiger partial charge in [0.15, 0.2) is 12.6 Å². The molecule has 0 aliphatic carbocycles. The van der Waals surface area contributed by atoms with Crippen LogP contribution >= 0.6 is 0 Å². The van der Waals surface area contributed by atoms with Crippen molar-refractivity contribution in [2.75, 3.05) is 52.5 Å². The highest BCUT2D eigenvalue weighted by molar-refractivity contribution is 5.94. The summed E-state index contributed by atoms with van der Waals surface area (Å²) in [5, 5.41) is 99.8. The minimum absolute atomic E-state index is 0.208. The highest BCUT2D eigenvalue weighted by Gasteiger charge is 2.55. The molecule has 4 fully saturated rings. The quantitative estimate of drug-likeness (QED) is 0.0385. The fourth-order valence-corrected chi connectivity index (χ4v) is 8.10. The zero-order valence-electron chi connectivity index (χ0n) is 39.1. The van der Waals surface area contributed by atoms with Crippen molar-refractivity contribution >= 4 is 11.8 Å². The minimum atomic E-state index is -1.99. The van der Waals surface area contributed by atoms with Gasteiger partial charge in [-0.05, 0) is 103 Å². The number of carbonyl (C=O) groups is 2. The Hall–Kier alpha value is -3.26. The van der Waals surface area contributed by atoms with Crippen molar-refractivity contribution in [3.63, 3.8) is 0 Å².